The number of hydrogen-bond acceptors (Lipinski definition) is 4. The molecule has 23 heavy (non-hydrogen) atoms. The van der Waals surface area contributed by atoms with Gasteiger partial charge in [0.15, 0.2) is 5.78 Å². The Morgan fingerprint density at radius 2 is 1.78 bits per heavy atom. The van der Waals surface area contributed by atoms with Gasteiger partial charge in [0.1, 0.15) is 0 Å². The highest BCUT2D eigenvalue weighted by Gasteiger charge is 2.26. The zero-order valence-corrected chi connectivity index (χ0v) is 12.1. The number of aromatic carboxylic acids is 1. The Hall–Kier alpha value is -2.70. The number of rotatable bonds is 4. The van der Waals surface area contributed by atoms with E-state index in [1.807, 2.05) is 12.1 Å². The number of hydrogen-bond donors (Lipinski definition) is 2. The van der Waals surface area contributed by atoms with Crippen LogP contribution in [0, 0.1) is 0 Å². The third-order valence-electron chi connectivity index (χ3n) is 3.68. The largest absolute Gasteiger partial charge is 0.491 e. The Morgan fingerprint density at radius 1 is 1.09 bits per heavy atom. The zero-order chi connectivity index (χ0) is 16.4. The molecule has 2 aromatic carbocycles. The van der Waals surface area contributed by atoms with Crippen LogP contribution < -0.4 is 5.46 Å². The molecule has 5 nitrogen and oxygen atoms in total. The topological polar surface area (TPSA) is 83.8 Å². The molecule has 0 amide bonds. The number of fused-ring (bicyclic) bond motifs is 1. The van der Waals surface area contributed by atoms with Crippen LogP contribution in [0.1, 0.15) is 31.8 Å². The van der Waals surface area contributed by atoms with Gasteiger partial charge < -0.3 is 14.8 Å². The van der Waals surface area contributed by atoms with Gasteiger partial charge in [0.25, 0.3) is 0 Å². The fraction of sp³-hybridized carbons (Fsp3) is 0.0588. The number of ketones is 1. The number of carboxylic acids is 1. The van der Waals surface area contributed by atoms with E-state index < -0.39 is 13.1 Å². The van der Waals surface area contributed by atoms with Gasteiger partial charge in [0.2, 0.25) is 0 Å². The van der Waals surface area contributed by atoms with Gasteiger partial charge in [-0.2, -0.15) is 0 Å². The molecule has 0 saturated heterocycles. The van der Waals surface area contributed by atoms with Crippen LogP contribution in [0.25, 0.3) is 6.08 Å². The summed E-state index contributed by atoms with van der Waals surface area (Å²) < 4.78 is 5.12. The summed E-state index contributed by atoms with van der Waals surface area (Å²) in [6.45, 7) is 0.384. The second-order valence-electron chi connectivity index (χ2n) is 5.20. The SMILES string of the molecule is O=C(O)c1ccc(C(=O)/C=C/c2ccc3c(c2)B(O)OC3)cc1. The number of benzene rings is 2. The smallest absolute Gasteiger partial charge is 0.478 e. The van der Waals surface area contributed by atoms with Gasteiger partial charge in [-0.15, -0.1) is 0 Å². The summed E-state index contributed by atoms with van der Waals surface area (Å²) in [4.78, 5) is 22.9. The number of carbonyl (C=O) groups excluding carboxylic acids is 1. The van der Waals surface area contributed by atoms with Gasteiger partial charge in [-0.05, 0) is 34.8 Å². The molecule has 1 aliphatic rings. The van der Waals surface area contributed by atoms with Crippen molar-refractivity contribution in [1.29, 1.82) is 0 Å². The van der Waals surface area contributed by atoms with E-state index in [0.717, 1.165) is 11.1 Å². The summed E-state index contributed by atoms with van der Waals surface area (Å²) >= 11 is 0. The standard InChI is InChI=1S/C17H13BO5/c19-16(12-4-6-13(7-5-12)17(20)21)8-2-11-1-3-14-10-23-18(22)15(14)9-11/h1-9,22H,10H2,(H,20,21)/b8-2+. The molecule has 0 spiro atoms. The first-order valence-electron chi connectivity index (χ1n) is 7.03. The molecule has 0 fully saturated rings. The zero-order valence-electron chi connectivity index (χ0n) is 12.1. The van der Waals surface area contributed by atoms with Crippen LogP contribution >= 0.6 is 0 Å². The molecule has 2 aromatic rings. The van der Waals surface area contributed by atoms with E-state index in [9.17, 15) is 14.6 Å². The quantitative estimate of drug-likeness (QED) is 0.508. The lowest BCUT2D eigenvalue weighted by molar-refractivity contribution is 0.0696. The summed E-state index contributed by atoms with van der Waals surface area (Å²) in [6.07, 6.45) is 3.07. The van der Waals surface area contributed by atoms with Gasteiger partial charge >= 0.3 is 13.1 Å². The van der Waals surface area contributed by atoms with Gasteiger partial charge in [0.05, 0.1) is 12.2 Å². The maximum Gasteiger partial charge on any atom is 0.491 e. The molecule has 0 bridgehead atoms. The average molecular weight is 308 g/mol. The van der Waals surface area contributed by atoms with E-state index >= 15 is 0 Å². The van der Waals surface area contributed by atoms with Gasteiger partial charge in [-0.3, -0.25) is 4.79 Å². The normalized spacial score (nSPS) is 13.3. The molecule has 114 valence electrons. The molecule has 0 aliphatic carbocycles. The highest BCUT2D eigenvalue weighted by atomic mass is 16.5. The van der Waals surface area contributed by atoms with Crippen LogP contribution in [0.4, 0.5) is 0 Å². The third-order valence-corrected chi connectivity index (χ3v) is 3.68. The van der Waals surface area contributed by atoms with E-state index in [0.29, 0.717) is 17.6 Å². The first-order chi connectivity index (χ1) is 11.0. The Morgan fingerprint density at radius 3 is 2.48 bits per heavy atom. The number of carbonyl (C=O) groups is 2. The van der Waals surface area contributed by atoms with Crippen molar-refractivity contribution in [2.24, 2.45) is 0 Å². The fourth-order valence-electron chi connectivity index (χ4n) is 2.38. The number of carboxylic acid groups (broad SMARTS) is 1. The summed E-state index contributed by atoms with van der Waals surface area (Å²) in [5.74, 6) is -1.25. The van der Waals surface area contributed by atoms with Crippen molar-refractivity contribution in [3.63, 3.8) is 0 Å². The molecule has 1 aliphatic heterocycles. The summed E-state index contributed by atoms with van der Waals surface area (Å²) in [5, 5.41) is 18.5. The first-order valence-corrected chi connectivity index (χ1v) is 7.03. The predicted molar refractivity (Wildman–Crippen MR) is 85.6 cm³/mol. The van der Waals surface area contributed by atoms with Crippen molar-refractivity contribution in [1.82, 2.24) is 0 Å². The van der Waals surface area contributed by atoms with Crippen LogP contribution in [0.2, 0.25) is 0 Å². The second-order valence-corrected chi connectivity index (χ2v) is 5.20. The van der Waals surface area contributed by atoms with E-state index in [2.05, 4.69) is 0 Å². The van der Waals surface area contributed by atoms with Crippen molar-refractivity contribution in [2.45, 2.75) is 6.61 Å². The van der Waals surface area contributed by atoms with Crippen LogP contribution in [0.3, 0.4) is 0 Å². The van der Waals surface area contributed by atoms with Crippen molar-refractivity contribution in [3.05, 3.63) is 70.8 Å². The molecule has 0 atom stereocenters. The molecule has 0 saturated carbocycles. The third kappa shape index (κ3) is 3.23. The minimum atomic E-state index is -1.03. The Labute approximate surface area is 133 Å². The molecule has 2 N–H and O–H groups in total. The summed E-state index contributed by atoms with van der Waals surface area (Å²) in [5.41, 5.74) is 2.98. The molecule has 6 heteroatoms. The maximum absolute atomic E-state index is 12.1. The molecule has 3 rings (SSSR count). The Balaban J connectivity index is 1.76. The minimum Gasteiger partial charge on any atom is -0.478 e. The van der Waals surface area contributed by atoms with Crippen molar-refractivity contribution in [3.8, 4) is 0 Å². The van der Waals surface area contributed by atoms with Gasteiger partial charge in [-0.1, -0.05) is 36.4 Å². The summed E-state index contributed by atoms with van der Waals surface area (Å²) in [6, 6.07) is 11.2. The van der Waals surface area contributed by atoms with Crippen molar-refractivity contribution >= 4 is 30.4 Å². The van der Waals surface area contributed by atoms with Crippen molar-refractivity contribution < 1.29 is 24.4 Å². The monoisotopic (exact) mass is 308 g/mol. The molecular formula is C17H13BO5. The molecule has 0 radical (unpaired) electrons. The van der Waals surface area contributed by atoms with Gasteiger partial charge in [0, 0.05) is 5.56 Å². The lowest BCUT2D eigenvalue weighted by Crippen LogP contribution is -2.28. The lowest BCUT2D eigenvalue weighted by Gasteiger charge is -2.00. The molecule has 0 aromatic heterocycles. The minimum absolute atomic E-state index is 0.137. The Kier molecular flexibility index (Phi) is 4.10. The van der Waals surface area contributed by atoms with Crippen LogP contribution in [-0.2, 0) is 11.3 Å². The summed E-state index contributed by atoms with van der Waals surface area (Å²) in [7, 11) is -0.919. The average Bonchev–Trinajstić information content (AvgIpc) is 2.93. The van der Waals surface area contributed by atoms with E-state index in [4.69, 9.17) is 9.76 Å². The molecular weight excluding hydrogens is 295 g/mol. The first kappa shape index (κ1) is 15.2. The second kappa shape index (κ2) is 6.20. The van der Waals surface area contributed by atoms with Crippen LogP contribution in [0.15, 0.2) is 48.5 Å². The predicted octanol–water partition coefficient (Wildman–Crippen LogP) is 1.50. The highest BCUT2D eigenvalue weighted by molar-refractivity contribution is 6.61. The van der Waals surface area contributed by atoms with Crippen LogP contribution in [0.5, 0.6) is 0 Å². The highest BCUT2D eigenvalue weighted by Crippen LogP contribution is 2.13. The Bertz CT molecular complexity index is 795. The fourth-order valence-corrected chi connectivity index (χ4v) is 2.38. The van der Waals surface area contributed by atoms with Gasteiger partial charge in [-0.25, -0.2) is 4.79 Å². The maximum atomic E-state index is 12.1. The van der Waals surface area contributed by atoms with E-state index in [1.165, 1.54) is 30.3 Å². The van der Waals surface area contributed by atoms with E-state index in [1.54, 1.807) is 12.1 Å². The molecule has 0 unspecified atom stereocenters. The molecule has 1 heterocycles. The van der Waals surface area contributed by atoms with Crippen molar-refractivity contribution in [2.75, 3.05) is 0 Å². The number of allylic oxidation sites excluding steroid dienone is 1. The van der Waals surface area contributed by atoms with E-state index in [-0.39, 0.29) is 11.3 Å². The lowest BCUT2D eigenvalue weighted by atomic mass is 9.79. The van der Waals surface area contributed by atoms with Crippen LogP contribution in [-0.4, -0.2) is 29.0 Å².